The lowest BCUT2D eigenvalue weighted by Gasteiger charge is -2.04. The number of rotatable bonds is 3. The van der Waals surface area contributed by atoms with Crippen LogP contribution in [0.15, 0.2) is 54.7 Å². The van der Waals surface area contributed by atoms with Crippen LogP contribution in [-0.4, -0.2) is 10.1 Å². The van der Waals surface area contributed by atoms with E-state index in [0.29, 0.717) is 6.61 Å². The molecule has 0 aliphatic rings. The van der Waals surface area contributed by atoms with Gasteiger partial charge in [-0.3, -0.25) is 0 Å². The zero-order chi connectivity index (χ0) is 12.4. The van der Waals surface area contributed by atoms with Gasteiger partial charge in [0, 0.05) is 22.7 Å². The number of aromatic nitrogens is 1. The highest BCUT2D eigenvalue weighted by Crippen LogP contribution is 2.24. The fraction of sp³-hybridized carbons (Fsp3) is 0.0667. The molecule has 3 nitrogen and oxygen atoms in total. The number of hydrogen-bond donors (Lipinski definition) is 2. The van der Waals surface area contributed by atoms with E-state index in [9.17, 15) is 5.11 Å². The molecule has 0 saturated heterocycles. The molecule has 0 radical (unpaired) electrons. The van der Waals surface area contributed by atoms with Crippen LogP contribution in [-0.2, 0) is 6.61 Å². The van der Waals surface area contributed by atoms with Gasteiger partial charge in [0.25, 0.3) is 0 Å². The van der Waals surface area contributed by atoms with Gasteiger partial charge >= 0.3 is 0 Å². The first-order valence-electron chi connectivity index (χ1n) is 5.80. The molecule has 0 atom stereocenters. The highest BCUT2D eigenvalue weighted by Gasteiger charge is 2.05. The molecule has 0 unspecified atom stereocenters. The van der Waals surface area contributed by atoms with Gasteiger partial charge in [0.15, 0.2) is 0 Å². The van der Waals surface area contributed by atoms with Crippen molar-refractivity contribution in [1.82, 2.24) is 4.98 Å². The molecule has 2 N–H and O–H groups in total. The Morgan fingerprint density at radius 1 is 1.06 bits per heavy atom. The van der Waals surface area contributed by atoms with Gasteiger partial charge in [0.2, 0.25) is 0 Å². The topological polar surface area (TPSA) is 45.2 Å². The number of hydrogen-bond acceptors (Lipinski definition) is 2. The average Bonchev–Trinajstić information content (AvgIpc) is 2.80. The van der Waals surface area contributed by atoms with Crippen molar-refractivity contribution in [2.75, 3.05) is 0 Å². The second-order valence-electron chi connectivity index (χ2n) is 4.15. The number of phenols is 1. The molecule has 90 valence electrons. The Labute approximate surface area is 105 Å². The summed E-state index contributed by atoms with van der Waals surface area (Å²) in [6, 6.07) is 15.0. The van der Waals surface area contributed by atoms with Gasteiger partial charge in [-0.15, -0.1) is 0 Å². The zero-order valence-electron chi connectivity index (χ0n) is 9.76. The van der Waals surface area contributed by atoms with E-state index in [-0.39, 0.29) is 5.75 Å². The van der Waals surface area contributed by atoms with E-state index in [1.165, 1.54) is 0 Å². The number of aromatic amines is 1. The molecule has 0 saturated carbocycles. The minimum atomic E-state index is 0.267. The minimum absolute atomic E-state index is 0.267. The van der Waals surface area contributed by atoms with Crippen molar-refractivity contribution in [3.8, 4) is 11.5 Å². The van der Waals surface area contributed by atoms with E-state index in [2.05, 4.69) is 4.98 Å². The lowest BCUT2D eigenvalue weighted by Crippen LogP contribution is -1.93. The third-order valence-electron chi connectivity index (χ3n) is 2.89. The van der Waals surface area contributed by atoms with Gasteiger partial charge in [0.1, 0.15) is 18.1 Å². The second-order valence-corrected chi connectivity index (χ2v) is 4.15. The Balaban J connectivity index is 1.85. The van der Waals surface area contributed by atoms with Gasteiger partial charge in [-0.2, -0.15) is 0 Å². The molecule has 3 rings (SSSR count). The number of H-pyrrole nitrogens is 1. The van der Waals surface area contributed by atoms with Crippen molar-refractivity contribution < 1.29 is 9.84 Å². The largest absolute Gasteiger partial charge is 0.508 e. The first-order chi connectivity index (χ1) is 8.83. The predicted octanol–water partition coefficient (Wildman–Crippen LogP) is 3.45. The van der Waals surface area contributed by atoms with Crippen molar-refractivity contribution in [1.29, 1.82) is 0 Å². The SMILES string of the molecule is Oc1ccc2[nH]cc(COc3ccccc3)c2c1. The standard InChI is InChI=1S/C15H13NO2/c17-12-6-7-15-14(8-12)11(9-16-15)10-18-13-4-2-1-3-5-13/h1-9,16-17H,10H2. The van der Waals surface area contributed by atoms with Crippen LogP contribution in [0.4, 0.5) is 0 Å². The number of nitrogens with one attached hydrogen (secondary N) is 1. The van der Waals surface area contributed by atoms with E-state index in [1.807, 2.05) is 42.6 Å². The number of ether oxygens (including phenoxy) is 1. The normalized spacial score (nSPS) is 10.7. The zero-order valence-corrected chi connectivity index (χ0v) is 9.76. The molecule has 1 heterocycles. The highest BCUT2D eigenvalue weighted by molar-refractivity contribution is 5.84. The van der Waals surface area contributed by atoms with Crippen molar-refractivity contribution >= 4 is 10.9 Å². The maximum absolute atomic E-state index is 9.50. The van der Waals surface area contributed by atoms with Crippen LogP contribution in [0.25, 0.3) is 10.9 Å². The molecule has 0 amide bonds. The van der Waals surface area contributed by atoms with Crippen molar-refractivity contribution in [2.24, 2.45) is 0 Å². The minimum Gasteiger partial charge on any atom is -0.508 e. The number of phenolic OH excluding ortho intramolecular Hbond substituents is 1. The summed E-state index contributed by atoms with van der Waals surface area (Å²) in [6.45, 7) is 0.480. The summed E-state index contributed by atoms with van der Waals surface area (Å²) < 4.78 is 5.70. The molecular formula is C15H13NO2. The number of aromatic hydroxyl groups is 1. The van der Waals surface area contributed by atoms with Crippen molar-refractivity contribution in [3.63, 3.8) is 0 Å². The van der Waals surface area contributed by atoms with Crippen LogP contribution in [0.3, 0.4) is 0 Å². The van der Waals surface area contributed by atoms with Crippen LogP contribution in [0.2, 0.25) is 0 Å². The third kappa shape index (κ3) is 2.02. The summed E-state index contributed by atoms with van der Waals surface area (Å²) in [7, 11) is 0. The van der Waals surface area contributed by atoms with E-state index in [0.717, 1.165) is 22.2 Å². The van der Waals surface area contributed by atoms with Gasteiger partial charge in [0.05, 0.1) is 0 Å². The Morgan fingerprint density at radius 3 is 2.72 bits per heavy atom. The van der Waals surface area contributed by atoms with Crippen LogP contribution < -0.4 is 4.74 Å². The smallest absolute Gasteiger partial charge is 0.119 e. The molecule has 0 fully saturated rings. The number of fused-ring (bicyclic) bond motifs is 1. The summed E-state index contributed by atoms with van der Waals surface area (Å²) in [5.41, 5.74) is 2.03. The Kier molecular flexibility index (Phi) is 2.65. The fourth-order valence-corrected chi connectivity index (χ4v) is 1.96. The average molecular weight is 239 g/mol. The van der Waals surface area contributed by atoms with E-state index in [4.69, 9.17) is 4.74 Å². The van der Waals surface area contributed by atoms with Gasteiger partial charge in [-0.25, -0.2) is 0 Å². The lowest BCUT2D eigenvalue weighted by atomic mass is 10.2. The number of para-hydroxylation sites is 1. The molecule has 0 bridgehead atoms. The summed E-state index contributed by atoms with van der Waals surface area (Å²) in [4.78, 5) is 3.16. The van der Waals surface area contributed by atoms with E-state index >= 15 is 0 Å². The first-order valence-corrected chi connectivity index (χ1v) is 5.80. The molecule has 0 aliphatic carbocycles. The maximum atomic E-state index is 9.50. The van der Waals surface area contributed by atoms with Crippen molar-refractivity contribution in [3.05, 3.63) is 60.3 Å². The summed E-state index contributed by atoms with van der Waals surface area (Å²) in [5.74, 6) is 1.11. The fourth-order valence-electron chi connectivity index (χ4n) is 1.96. The Bertz CT molecular complexity index is 659. The molecule has 2 aromatic carbocycles. The van der Waals surface area contributed by atoms with Crippen LogP contribution >= 0.6 is 0 Å². The van der Waals surface area contributed by atoms with E-state index in [1.54, 1.807) is 12.1 Å². The van der Waals surface area contributed by atoms with Crippen LogP contribution in [0, 0.1) is 0 Å². The van der Waals surface area contributed by atoms with Gasteiger partial charge < -0.3 is 14.8 Å². The molecule has 18 heavy (non-hydrogen) atoms. The first kappa shape index (κ1) is 10.7. The molecule has 0 spiro atoms. The predicted molar refractivity (Wildman–Crippen MR) is 70.7 cm³/mol. The molecule has 0 aliphatic heterocycles. The van der Waals surface area contributed by atoms with Gasteiger partial charge in [-0.05, 0) is 30.3 Å². The molecular weight excluding hydrogens is 226 g/mol. The summed E-state index contributed by atoms with van der Waals surface area (Å²) in [5, 5.41) is 10.5. The number of benzene rings is 2. The Morgan fingerprint density at radius 2 is 1.89 bits per heavy atom. The Hall–Kier alpha value is -2.42. The summed E-state index contributed by atoms with van der Waals surface area (Å²) >= 11 is 0. The molecule has 3 aromatic rings. The van der Waals surface area contributed by atoms with E-state index < -0.39 is 0 Å². The van der Waals surface area contributed by atoms with Gasteiger partial charge in [-0.1, -0.05) is 18.2 Å². The summed E-state index contributed by atoms with van der Waals surface area (Å²) in [6.07, 6.45) is 1.91. The quantitative estimate of drug-likeness (QED) is 0.735. The highest BCUT2D eigenvalue weighted by atomic mass is 16.5. The molecule has 3 heteroatoms. The second kappa shape index (κ2) is 4.45. The maximum Gasteiger partial charge on any atom is 0.119 e. The monoisotopic (exact) mass is 239 g/mol. The molecule has 1 aromatic heterocycles. The van der Waals surface area contributed by atoms with Crippen LogP contribution in [0.1, 0.15) is 5.56 Å². The van der Waals surface area contributed by atoms with Crippen molar-refractivity contribution in [2.45, 2.75) is 6.61 Å². The third-order valence-corrected chi connectivity index (χ3v) is 2.89. The lowest BCUT2D eigenvalue weighted by molar-refractivity contribution is 0.307. The van der Waals surface area contributed by atoms with Crippen LogP contribution in [0.5, 0.6) is 11.5 Å².